The summed E-state index contributed by atoms with van der Waals surface area (Å²) in [5, 5.41) is 6.52. The van der Waals surface area contributed by atoms with Gasteiger partial charge in [0.1, 0.15) is 0 Å². The Kier molecular flexibility index (Phi) is 3.00. The third-order valence-corrected chi connectivity index (χ3v) is 4.83. The number of amides is 1. The lowest BCUT2D eigenvalue weighted by atomic mass is 9.93. The van der Waals surface area contributed by atoms with Crippen LogP contribution >= 0.6 is 0 Å². The van der Waals surface area contributed by atoms with Crippen LogP contribution in [-0.4, -0.2) is 30.2 Å². The van der Waals surface area contributed by atoms with Crippen LogP contribution in [0.3, 0.4) is 0 Å². The first-order valence-corrected chi connectivity index (χ1v) is 7.55. The maximum Gasteiger partial charge on any atom is 0.237 e. The number of benzene rings is 1. The molecule has 2 fully saturated rings. The van der Waals surface area contributed by atoms with E-state index >= 15 is 0 Å². The molecule has 3 aliphatic heterocycles. The molecule has 4 nitrogen and oxygen atoms in total. The third-order valence-electron chi connectivity index (χ3n) is 4.83. The predicted octanol–water partition coefficient (Wildman–Crippen LogP) is 1.14. The molecule has 4 rings (SSSR count). The first kappa shape index (κ1) is 12.4. The second-order valence-electron chi connectivity index (χ2n) is 6.13. The highest BCUT2D eigenvalue weighted by molar-refractivity contribution is 5.82. The molecule has 0 aromatic heterocycles. The van der Waals surface area contributed by atoms with Crippen molar-refractivity contribution in [2.75, 3.05) is 0 Å². The van der Waals surface area contributed by atoms with Crippen molar-refractivity contribution < 1.29 is 9.53 Å². The topological polar surface area (TPSA) is 50.4 Å². The van der Waals surface area contributed by atoms with E-state index in [0.29, 0.717) is 6.10 Å². The molecule has 4 atom stereocenters. The Balaban J connectivity index is 1.40. The van der Waals surface area contributed by atoms with Gasteiger partial charge in [0.2, 0.25) is 5.91 Å². The van der Waals surface area contributed by atoms with E-state index in [4.69, 9.17) is 4.74 Å². The van der Waals surface area contributed by atoms with Gasteiger partial charge in [-0.25, -0.2) is 0 Å². The van der Waals surface area contributed by atoms with Gasteiger partial charge in [0.25, 0.3) is 0 Å². The molecular formula is C16H20N2O2. The molecule has 0 saturated carbocycles. The van der Waals surface area contributed by atoms with Gasteiger partial charge in [0.05, 0.1) is 24.3 Å². The van der Waals surface area contributed by atoms with E-state index in [1.165, 1.54) is 11.1 Å². The molecule has 1 aromatic rings. The molecular weight excluding hydrogens is 252 g/mol. The van der Waals surface area contributed by atoms with E-state index in [9.17, 15) is 4.79 Å². The third kappa shape index (κ3) is 2.13. The molecule has 2 N–H and O–H groups in total. The van der Waals surface area contributed by atoms with Crippen molar-refractivity contribution in [3.8, 4) is 0 Å². The van der Waals surface area contributed by atoms with Gasteiger partial charge < -0.3 is 15.4 Å². The summed E-state index contributed by atoms with van der Waals surface area (Å²) in [6, 6.07) is 8.46. The Hall–Kier alpha value is -1.39. The molecule has 3 aliphatic rings. The van der Waals surface area contributed by atoms with Crippen molar-refractivity contribution in [1.29, 1.82) is 0 Å². The van der Waals surface area contributed by atoms with Crippen molar-refractivity contribution in [2.24, 2.45) is 0 Å². The zero-order valence-electron chi connectivity index (χ0n) is 11.5. The van der Waals surface area contributed by atoms with Crippen LogP contribution in [0.5, 0.6) is 0 Å². The minimum absolute atomic E-state index is 0.107. The fourth-order valence-electron chi connectivity index (χ4n) is 3.71. The standard InChI is InChI=1S/C16H20N2O2/c19-16(18-13-8-12-5-6-15(13)20-12)14-7-10-3-1-2-4-11(10)9-17-14/h1-4,12-15,17H,5-9H2,(H,18,19)/t12?,13?,14-,15?/m0/s1. The van der Waals surface area contributed by atoms with Gasteiger partial charge >= 0.3 is 0 Å². The number of rotatable bonds is 2. The first-order valence-electron chi connectivity index (χ1n) is 7.55. The molecule has 0 radical (unpaired) electrons. The second kappa shape index (κ2) is 4.86. The molecule has 3 heterocycles. The number of carbonyl (C=O) groups excluding carboxylic acids is 1. The smallest absolute Gasteiger partial charge is 0.237 e. The Morgan fingerprint density at radius 3 is 2.85 bits per heavy atom. The number of fused-ring (bicyclic) bond motifs is 3. The predicted molar refractivity (Wildman–Crippen MR) is 75.2 cm³/mol. The summed E-state index contributed by atoms with van der Waals surface area (Å²) in [5.74, 6) is 0.126. The van der Waals surface area contributed by atoms with E-state index in [1.54, 1.807) is 0 Å². The van der Waals surface area contributed by atoms with Gasteiger partial charge in [-0.05, 0) is 36.8 Å². The van der Waals surface area contributed by atoms with Gasteiger partial charge in [-0.15, -0.1) is 0 Å². The summed E-state index contributed by atoms with van der Waals surface area (Å²) in [6.45, 7) is 0.779. The Bertz CT molecular complexity index is 531. The lowest BCUT2D eigenvalue weighted by Crippen LogP contribution is -2.52. The lowest BCUT2D eigenvalue weighted by molar-refractivity contribution is -0.124. The first-order chi connectivity index (χ1) is 9.79. The highest BCUT2D eigenvalue weighted by Crippen LogP contribution is 2.34. The normalized spacial score (nSPS) is 34.8. The molecule has 0 aliphatic carbocycles. The largest absolute Gasteiger partial charge is 0.373 e. The molecule has 0 spiro atoms. The molecule has 2 bridgehead atoms. The Morgan fingerprint density at radius 1 is 1.25 bits per heavy atom. The van der Waals surface area contributed by atoms with Crippen molar-refractivity contribution >= 4 is 5.91 Å². The average Bonchev–Trinajstić information content (AvgIpc) is 3.09. The SMILES string of the molecule is O=C(NC1CC2CCC1O2)[C@@H]1Cc2ccccc2CN1. The van der Waals surface area contributed by atoms with E-state index in [2.05, 4.69) is 22.8 Å². The lowest BCUT2D eigenvalue weighted by Gasteiger charge is -2.28. The summed E-state index contributed by atoms with van der Waals surface area (Å²) in [5.41, 5.74) is 2.59. The summed E-state index contributed by atoms with van der Waals surface area (Å²) in [4.78, 5) is 12.4. The molecule has 4 heteroatoms. The monoisotopic (exact) mass is 272 g/mol. The van der Waals surface area contributed by atoms with Crippen LogP contribution in [0.4, 0.5) is 0 Å². The maximum atomic E-state index is 12.4. The van der Waals surface area contributed by atoms with E-state index < -0.39 is 0 Å². The van der Waals surface area contributed by atoms with Crippen LogP contribution in [0, 0.1) is 0 Å². The summed E-state index contributed by atoms with van der Waals surface area (Å²) in [7, 11) is 0. The molecule has 2 saturated heterocycles. The van der Waals surface area contributed by atoms with E-state index in [1.807, 2.05) is 12.1 Å². The van der Waals surface area contributed by atoms with Crippen LogP contribution in [0.15, 0.2) is 24.3 Å². The number of hydrogen-bond donors (Lipinski definition) is 2. The van der Waals surface area contributed by atoms with Crippen LogP contribution in [0.25, 0.3) is 0 Å². The summed E-state index contributed by atoms with van der Waals surface area (Å²) in [6.07, 6.45) is 4.65. The number of hydrogen-bond acceptors (Lipinski definition) is 3. The van der Waals surface area contributed by atoms with Crippen molar-refractivity contribution in [3.63, 3.8) is 0 Å². The summed E-state index contributed by atoms with van der Waals surface area (Å²) >= 11 is 0. The Morgan fingerprint density at radius 2 is 2.10 bits per heavy atom. The van der Waals surface area contributed by atoms with Crippen molar-refractivity contribution in [1.82, 2.24) is 10.6 Å². The fourth-order valence-corrected chi connectivity index (χ4v) is 3.71. The quantitative estimate of drug-likeness (QED) is 0.849. The molecule has 20 heavy (non-hydrogen) atoms. The maximum absolute atomic E-state index is 12.4. The zero-order valence-corrected chi connectivity index (χ0v) is 11.5. The number of nitrogens with one attached hydrogen (secondary N) is 2. The van der Waals surface area contributed by atoms with Crippen LogP contribution in [-0.2, 0) is 22.5 Å². The van der Waals surface area contributed by atoms with Gasteiger partial charge in [0.15, 0.2) is 0 Å². The molecule has 1 aromatic carbocycles. The molecule has 1 amide bonds. The molecule has 106 valence electrons. The van der Waals surface area contributed by atoms with Crippen molar-refractivity contribution in [2.45, 2.75) is 56.5 Å². The minimum Gasteiger partial charge on any atom is -0.373 e. The number of carbonyl (C=O) groups is 1. The van der Waals surface area contributed by atoms with Gasteiger partial charge in [0, 0.05) is 6.54 Å². The van der Waals surface area contributed by atoms with Crippen LogP contribution in [0.1, 0.15) is 30.4 Å². The van der Waals surface area contributed by atoms with Gasteiger partial charge in [-0.1, -0.05) is 24.3 Å². The number of ether oxygens (including phenoxy) is 1. The van der Waals surface area contributed by atoms with Crippen LogP contribution < -0.4 is 10.6 Å². The van der Waals surface area contributed by atoms with Gasteiger partial charge in [-0.2, -0.15) is 0 Å². The average molecular weight is 272 g/mol. The highest BCUT2D eigenvalue weighted by atomic mass is 16.5. The van der Waals surface area contributed by atoms with Gasteiger partial charge in [-0.3, -0.25) is 4.79 Å². The second-order valence-corrected chi connectivity index (χ2v) is 6.13. The van der Waals surface area contributed by atoms with E-state index in [0.717, 1.165) is 32.2 Å². The minimum atomic E-state index is -0.107. The molecule has 3 unspecified atom stereocenters. The highest BCUT2D eigenvalue weighted by Gasteiger charge is 2.42. The van der Waals surface area contributed by atoms with Crippen LogP contribution in [0.2, 0.25) is 0 Å². The summed E-state index contributed by atoms with van der Waals surface area (Å²) < 4.78 is 5.79. The zero-order chi connectivity index (χ0) is 13.5. The Labute approximate surface area is 118 Å². The fraction of sp³-hybridized carbons (Fsp3) is 0.562. The van der Waals surface area contributed by atoms with Crippen molar-refractivity contribution in [3.05, 3.63) is 35.4 Å². The van der Waals surface area contributed by atoms with E-state index in [-0.39, 0.29) is 24.1 Å².